The Labute approximate surface area is 109 Å². The number of nitrogens with zero attached hydrogens (tertiary/aromatic N) is 2. The van der Waals surface area contributed by atoms with Gasteiger partial charge in [0, 0.05) is 7.05 Å². The highest BCUT2D eigenvalue weighted by Crippen LogP contribution is 2.28. The Balaban J connectivity index is 3.04. The standard InChI is InChI=1S/C11H15N3O3S/c1-4-5-7(12)9(15)14(3)10-8(11(16)17)6(2)13-18-10/h4,7H,1,5,12H2,2-3H3,(H,16,17). The second-order valence-corrected chi connectivity index (χ2v) is 4.53. The first kappa shape index (κ1) is 14.3. The molecule has 0 saturated carbocycles. The lowest BCUT2D eigenvalue weighted by Gasteiger charge is -2.19. The quantitative estimate of drug-likeness (QED) is 0.778. The molecule has 0 spiro atoms. The zero-order chi connectivity index (χ0) is 13.9. The van der Waals surface area contributed by atoms with Gasteiger partial charge in [-0.3, -0.25) is 4.79 Å². The molecule has 98 valence electrons. The molecule has 0 saturated heterocycles. The lowest BCUT2D eigenvalue weighted by molar-refractivity contribution is -0.119. The molecule has 1 unspecified atom stereocenters. The molecule has 0 aliphatic carbocycles. The highest BCUT2D eigenvalue weighted by atomic mass is 32.1. The second-order valence-electron chi connectivity index (χ2n) is 3.78. The summed E-state index contributed by atoms with van der Waals surface area (Å²) in [6.07, 6.45) is 1.88. The Morgan fingerprint density at radius 1 is 1.67 bits per heavy atom. The number of aryl methyl sites for hydroxylation is 1. The first-order chi connectivity index (χ1) is 8.40. The van der Waals surface area contributed by atoms with E-state index in [1.807, 2.05) is 0 Å². The summed E-state index contributed by atoms with van der Waals surface area (Å²) >= 11 is 0.969. The molecule has 0 radical (unpaired) electrons. The Bertz CT molecular complexity index is 484. The summed E-state index contributed by atoms with van der Waals surface area (Å²) in [7, 11) is 1.49. The average Bonchev–Trinajstić information content (AvgIpc) is 2.69. The first-order valence-corrected chi connectivity index (χ1v) is 6.01. The van der Waals surface area contributed by atoms with Crippen molar-refractivity contribution in [2.24, 2.45) is 5.73 Å². The van der Waals surface area contributed by atoms with Crippen LogP contribution in [0, 0.1) is 6.92 Å². The van der Waals surface area contributed by atoms with E-state index in [2.05, 4.69) is 11.0 Å². The van der Waals surface area contributed by atoms with Crippen molar-refractivity contribution in [1.82, 2.24) is 4.37 Å². The van der Waals surface area contributed by atoms with Gasteiger partial charge in [0.2, 0.25) is 5.91 Å². The van der Waals surface area contributed by atoms with Crippen LogP contribution in [0.25, 0.3) is 0 Å². The second kappa shape index (κ2) is 5.74. The van der Waals surface area contributed by atoms with Crippen molar-refractivity contribution < 1.29 is 14.7 Å². The maximum Gasteiger partial charge on any atom is 0.340 e. The predicted molar refractivity (Wildman–Crippen MR) is 70.0 cm³/mol. The third-order valence-electron chi connectivity index (χ3n) is 2.43. The van der Waals surface area contributed by atoms with Crippen molar-refractivity contribution in [1.29, 1.82) is 0 Å². The van der Waals surface area contributed by atoms with Crippen LogP contribution in [-0.2, 0) is 4.79 Å². The number of aromatic carboxylic acids is 1. The van der Waals surface area contributed by atoms with Crippen LogP contribution >= 0.6 is 11.5 Å². The van der Waals surface area contributed by atoms with Crippen LogP contribution in [0.3, 0.4) is 0 Å². The molecular weight excluding hydrogens is 254 g/mol. The lowest BCUT2D eigenvalue weighted by atomic mass is 10.2. The highest BCUT2D eigenvalue weighted by Gasteiger charge is 2.26. The Morgan fingerprint density at radius 3 is 2.78 bits per heavy atom. The van der Waals surface area contributed by atoms with Crippen molar-refractivity contribution in [3.05, 3.63) is 23.9 Å². The van der Waals surface area contributed by atoms with Gasteiger partial charge in [-0.15, -0.1) is 6.58 Å². The summed E-state index contributed by atoms with van der Waals surface area (Å²) in [4.78, 5) is 24.3. The fourth-order valence-electron chi connectivity index (χ4n) is 1.46. The number of amides is 1. The fourth-order valence-corrected chi connectivity index (χ4v) is 2.32. The molecule has 0 bridgehead atoms. The SMILES string of the molecule is C=CCC(N)C(=O)N(C)c1snc(C)c1C(=O)O. The Hall–Kier alpha value is -1.73. The summed E-state index contributed by atoms with van der Waals surface area (Å²) in [6.45, 7) is 5.10. The first-order valence-electron chi connectivity index (χ1n) is 5.23. The van der Waals surface area contributed by atoms with Gasteiger partial charge in [0.1, 0.15) is 10.6 Å². The zero-order valence-electron chi connectivity index (χ0n) is 10.2. The zero-order valence-corrected chi connectivity index (χ0v) is 11.0. The van der Waals surface area contributed by atoms with Crippen LogP contribution in [0.1, 0.15) is 22.5 Å². The van der Waals surface area contributed by atoms with E-state index in [1.54, 1.807) is 13.0 Å². The molecule has 1 amide bonds. The largest absolute Gasteiger partial charge is 0.478 e. The molecule has 0 fully saturated rings. The van der Waals surface area contributed by atoms with Gasteiger partial charge in [0.25, 0.3) is 0 Å². The van der Waals surface area contributed by atoms with E-state index >= 15 is 0 Å². The summed E-state index contributed by atoms with van der Waals surface area (Å²) in [5.41, 5.74) is 6.10. The number of hydrogen-bond acceptors (Lipinski definition) is 5. The third kappa shape index (κ3) is 2.74. The van der Waals surface area contributed by atoms with E-state index in [9.17, 15) is 9.59 Å². The molecule has 1 aromatic heterocycles. The molecule has 0 aliphatic heterocycles. The molecule has 0 aromatic carbocycles. The molecule has 1 atom stereocenters. The third-order valence-corrected chi connectivity index (χ3v) is 3.45. The average molecular weight is 269 g/mol. The minimum Gasteiger partial charge on any atom is -0.478 e. The van der Waals surface area contributed by atoms with Crippen molar-refractivity contribution in [3.8, 4) is 0 Å². The number of carboxylic acid groups (broad SMARTS) is 1. The number of carbonyl (C=O) groups is 2. The number of rotatable bonds is 5. The topological polar surface area (TPSA) is 96.5 Å². The van der Waals surface area contributed by atoms with Gasteiger partial charge in [-0.2, -0.15) is 4.37 Å². The maximum absolute atomic E-state index is 12.0. The fraction of sp³-hybridized carbons (Fsp3) is 0.364. The number of nitrogens with two attached hydrogens (primary N) is 1. The van der Waals surface area contributed by atoms with Gasteiger partial charge >= 0.3 is 5.97 Å². The molecule has 7 heteroatoms. The van der Waals surface area contributed by atoms with E-state index in [-0.39, 0.29) is 11.5 Å². The van der Waals surface area contributed by atoms with Crippen LogP contribution in [0.4, 0.5) is 5.00 Å². The van der Waals surface area contributed by atoms with Crippen molar-refractivity contribution in [3.63, 3.8) is 0 Å². The minimum absolute atomic E-state index is 0.0432. The van der Waals surface area contributed by atoms with E-state index in [1.165, 1.54) is 11.9 Å². The normalized spacial score (nSPS) is 11.9. The highest BCUT2D eigenvalue weighted by molar-refractivity contribution is 7.11. The molecule has 3 N–H and O–H groups in total. The molecule has 18 heavy (non-hydrogen) atoms. The predicted octanol–water partition coefficient (Wildman–Crippen LogP) is 1.02. The molecule has 6 nitrogen and oxygen atoms in total. The number of likely N-dealkylation sites (N-methyl/N-ethyl adjacent to an activating group) is 1. The van der Waals surface area contributed by atoms with Crippen molar-refractivity contribution >= 4 is 28.4 Å². The summed E-state index contributed by atoms with van der Waals surface area (Å²) in [5, 5.41) is 9.39. The van der Waals surface area contributed by atoms with Crippen molar-refractivity contribution in [2.75, 3.05) is 11.9 Å². The van der Waals surface area contributed by atoms with Crippen LogP contribution in [0.15, 0.2) is 12.7 Å². The molecule has 1 aromatic rings. The smallest absolute Gasteiger partial charge is 0.340 e. The molecule has 1 rings (SSSR count). The van der Waals surface area contributed by atoms with E-state index in [0.717, 1.165) is 11.5 Å². The monoisotopic (exact) mass is 269 g/mol. The van der Waals surface area contributed by atoms with Gasteiger partial charge in [-0.1, -0.05) is 6.08 Å². The molecular formula is C11H15N3O3S. The number of hydrogen-bond donors (Lipinski definition) is 2. The summed E-state index contributed by atoms with van der Waals surface area (Å²) in [6, 6.07) is -0.725. The van der Waals surface area contributed by atoms with Gasteiger partial charge in [-0.05, 0) is 24.9 Å². The van der Waals surface area contributed by atoms with Gasteiger partial charge in [0.05, 0.1) is 11.7 Å². The number of carboxylic acids is 1. The minimum atomic E-state index is -1.10. The summed E-state index contributed by atoms with van der Waals surface area (Å²) < 4.78 is 3.95. The number of anilines is 1. The number of carbonyl (C=O) groups excluding carboxylic acids is 1. The lowest BCUT2D eigenvalue weighted by Crippen LogP contribution is -2.41. The van der Waals surface area contributed by atoms with Gasteiger partial charge in [-0.25, -0.2) is 4.79 Å². The number of aromatic nitrogens is 1. The van der Waals surface area contributed by atoms with Crippen LogP contribution in [-0.4, -0.2) is 34.4 Å². The summed E-state index contributed by atoms with van der Waals surface area (Å²) in [5.74, 6) is -1.46. The van der Waals surface area contributed by atoms with E-state index in [0.29, 0.717) is 17.1 Å². The van der Waals surface area contributed by atoms with Crippen LogP contribution in [0.5, 0.6) is 0 Å². The maximum atomic E-state index is 12.0. The molecule has 1 heterocycles. The van der Waals surface area contributed by atoms with Gasteiger partial charge in [0.15, 0.2) is 0 Å². The molecule has 0 aliphatic rings. The van der Waals surface area contributed by atoms with Crippen LogP contribution in [0.2, 0.25) is 0 Å². The Kier molecular flexibility index (Phi) is 4.57. The van der Waals surface area contributed by atoms with E-state index < -0.39 is 12.0 Å². The Morgan fingerprint density at radius 2 is 2.28 bits per heavy atom. The van der Waals surface area contributed by atoms with E-state index in [4.69, 9.17) is 10.8 Å². The van der Waals surface area contributed by atoms with Crippen molar-refractivity contribution in [2.45, 2.75) is 19.4 Å². The van der Waals surface area contributed by atoms with Gasteiger partial charge < -0.3 is 15.7 Å². The van der Waals surface area contributed by atoms with Crippen LogP contribution < -0.4 is 10.6 Å².